The fourth-order valence-corrected chi connectivity index (χ4v) is 3.59. The van der Waals surface area contributed by atoms with Crippen LogP contribution >= 0.6 is 0 Å². The molecule has 2 aromatic carbocycles. The highest BCUT2D eigenvalue weighted by Gasteiger charge is 2.13. The van der Waals surface area contributed by atoms with Gasteiger partial charge in [-0.1, -0.05) is 54.6 Å². The Bertz CT molecular complexity index is 1030. The zero-order chi connectivity index (χ0) is 21.3. The normalized spacial score (nSPS) is 14.7. The fraction of sp³-hybridized carbons (Fsp3) is 0.280. The Morgan fingerprint density at radius 3 is 2.61 bits per heavy atom. The number of benzene rings is 2. The van der Waals surface area contributed by atoms with Gasteiger partial charge < -0.3 is 15.4 Å². The van der Waals surface area contributed by atoms with E-state index < -0.39 is 0 Å². The molecule has 3 aromatic rings. The van der Waals surface area contributed by atoms with Gasteiger partial charge in [0.05, 0.1) is 31.0 Å². The molecule has 0 spiro atoms. The molecule has 0 saturated carbocycles. The number of hydrogen-bond donors (Lipinski definition) is 2. The first-order valence-corrected chi connectivity index (χ1v) is 10.7. The molecule has 1 fully saturated rings. The van der Waals surface area contributed by atoms with Gasteiger partial charge in [-0.15, -0.1) is 0 Å². The molecular weight excluding hydrogens is 388 g/mol. The molecule has 2 heterocycles. The molecule has 6 nitrogen and oxygen atoms in total. The van der Waals surface area contributed by atoms with E-state index in [-0.39, 0.29) is 5.91 Å². The third-order valence-electron chi connectivity index (χ3n) is 5.22. The minimum Gasteiger partial charge on any atom is -0.383 e. The quantitative estimate of drug-likeness (QED) is 0.552. The number of amides is 1. The molecule has 0 bridgehead atoms. The van der Waals surface area contributed by atoms with E-state index in [2.05, 4.69) is 45.9 Å². The van der Waals surface area contributed by atoms with E-state index in [0.717, 1.165) is 40.9 Å². The van der Waals surface area contributed by atoms with E-state index in [4.69, 9.17) is 9.72 Å². The molecule has 1 aliphatic rings. The molecule has 1 aliphatic heterocycles. The van der Waals surface area contributed by atoms with Crippen molar-refractivity contribution in [1.29, 1.82) is 0 Å². The summed E-state index contributed by atoms with van der Waals surface area (Å²) in [6.07, 6.45) is 4.09. The summed E-state index contributed by atoms with van der Waals surface area (Å²) in [7, 11) is 0. The van der Waals surface area contributed by atoms with Crippen LogP contribution < -0.4 is 10.6 Å². The van der Waals surface area contributed by atoms with Crippen molar-refractivity contribution in [3.63, 3.8) is 0 Å². The second-order valence-corrected chi connectivity index (χ2v) is 7.52. The second kappa shape index (κ2) is 10.7. The summed E-state index contributed by atoms with van der Waals surface area (Å²) in [5, 5.41) is 7.53. The number of nitrogens with zero attached hydrogens (tertiary/aromatic N) is 2. The molecule has 1 aromatic heterocycles. The van der Waals surface area contributed by atoms with Gasteiger partial charge in [0, 0.05) is 37.3 Å². The van der Waals surface area contributed by atoms with Crippen molar-refractivity contribution in [3.05, 3.63) is 71.9 Å². The highest BCUT2D eigenvalue weighted by Crippen LogP contribution is 2.24. The number of pyridine rings is 1. The zero-order valence-corrected chi connectivity index (χ0v) is 17.6. The lowest BCUT2D eigenvalue weighted by Crippen LogP contribution is -2.43. The molecule has 0 atom stereocenters. The predicted molar refractivity (Wildman–Crippen MR) is 126 cm³/mol. The fourth-order valence-electron chi connectivity index (χ4n) is 3.59. The van der Waals surface area contributed by atoms with Gasteiger partial charge in [-0.05, 0) is 23.8 Å². The summed E-state index contributed by atoms with van der Waals surface area (Å²) in [6, 6.07) is 20.3. The van der Waals surface area contributed by atoms with E-state index >= 15 is 0 Å². The molecule has 2 N–H and O–H groups in total. The lowest BCUT2D eigenvalue weighted by Gasteiger charge is -2.25. The second-order valence-electron chi connectivity index (χ2n) is 7.52. The molecule has 6 heteroatoms. The van der Waals surface area contributed by atoms with Gasteiger partial charge in [0.25, 0.3) is 0 Å². The Hall–Kier alpha value is -3.22. The van der Waals surface area contributed by atoms with Gasteiger partial charge in [-0.3, -0.25) is 9.69 Å². The average molecular weight is 417 g/mol. The van der Waals surface area contributed by atoms with Crippen molar-refractivity contribution >= 4 is 34.6 Å². The van der Waals surface area contributed by atoms with Gasteiger partial charge >= 0.3 is 0 Å². The Balaban J connectivity index is 1.37. The van der Waals surface area contributed by atoms with Crippen LogP contribution in [0.3, 0.4) is 0 Å². The number of carbonyl (C=O) groups excluding carboxylic acids is 1. The Morgan fingerprint density at radius 2 is 1.77 bits per heavy atom. The van der Waals surface area contributed by atoms with E-state index in [1.54, 1.807) is 0 Å². The molecule has 31 heavy (non-hydrogen) atoms. The third kappa shape index (κ3) is 6.13. The van der Waals surface area contributed by atoms with Crippen LogP contribution in [0.4, 0.5) is 5.69 Å². The molecule has 160 valence electrons. The van der Waals surface area contributed by atoms with Crippen LogP contribution in [-0.2, 0) is 9.53 Å². The van der Waals surface area contributed by atoms with Crippen molar-refractivity contribution in [1.82, 2.24) is 15.2 Å². The van der Waals surface area contributed by atoms with Gasteiger partial charge in [-0.2, -0.15) is 0 Å². The molecule has 0 aliphatic carbocycles. The first-order valence-electron chi connectivity index (χ1n) is 10.7. The van der Waals surface area contributed by atoms with Crippen molar-refractivity contribution < 1.29 is 9.53 Å². The third-order valence-corrected chi connectivity index (χ3v) is 5.22. The highest BCUT2D eigenvalue weighted by molar-refractivity contribution is 5.92. The number of carbonyl (C=O) groups is 1. The summed E-state index contributed by atoms with van der Waals surface area (Å²) in [4.78, 5) is 19.0. The highest BCUT2D eigenvalue weighted by atomic mass is 16.5. The maximum atomic E-state index is 12.2. The van der Waals surface area contributed by atoms with Crippen LogP contribution in [0.1, 0.15) is 11.3 Å². The van der Waals surface area contributed by atoms with E-state index in [1.165, 1.54) is 0 Å². The number of fused-ring (bicyclic) bond motifs is 1. The van der Waals surface area contributed by atoms with Crippen LogP contribution in [0.2, 0.25) is 0 Å². The maximum absolute atomic E-state index is 12.2. The number of morpholine rings is 1. The van der Waals surface area contributed by atoms with Crippen LogP contribution in [0.15, 0.2) is 60.7 Å². The number of hydrogen-bond acceptors (Lipinski definition) is 5. The number of nitrogens with one attached hydrogen (secondary N) is 2. The molecule has 0 unspecified atom stereocenters. The largest absolute Gasteiger partial charge is 0.383 e. The minimum atomic E-state index is 0.0507. The smallest absolute Gasteiger partial charge is 0.234 e. The zero-order valence-electron chi connectivity index (χ0n) is 17.6. The number of anilines is 1. The summed E-state index contributed by atoms with van der Waals surface area (Å²) < 4.78 is 5.32. The number of para-hydroxylation sites is 1. The summed E-state index contributed by atoms with van der Waals surface area (Å²) in [6.45, 7) is 4.66. The van der Waals surface area contributed by atoms with Crippen LogP contribution in [-0.4, -0.2) is 61.7 Å². The van der Waals surface area contributed by atoms with E-state index in [9.17, 15) is 4.79 Å². The lowest BCUT2D eigenvalue weighted by atomic mass is 10.1. The predicted octanol–water partition coefficient (Wildman–Crippen LogP) is 3.27. The van der Waals surface area contributed by atoms with Crippen LogP contribution in [0.5, 0.6) is 0 Å². The molecule has 1 amide bonds. The van der Waals surface area contributed by atoms with Crippen molar-refractivity contribution in [2.75, 3.05) is 51.3 Å². The average Bonchev–Trinajstić information content (AvgIpc) is 2.82. The van der Waals surface area contributed by atoms with Gasteiger partial charge in [-0.25, -0.2) is 4.98 Å². The molecule has 1 saturated heterocycles. The molecule has 4 rings (SSSR count). The topological polar surface area (TPSA) is 66.5 Å². The Morgan fingerprint density at radius 1 is 1.00 bits per heavy atom. The Labute approximate surface area is 182 Å². The summed E-state index contributed by atoms with van der Waals surface area (Å²) >= 11 is 0. The van der Waals surface area contributed by atoms with Gasteiger partial charge in [0.1, 0.15) is 0 Å². The van der Waals surface area contributed by atoms with Crippen molar-refractivity contribution in [2.24, 2.45) is 0 Å². The van der Waals surface area contributed by atoms with Crippen LogP contribution in [0.25, 0.3) is 23.1 Å². The minimum absolute atomic E-state index is 0.0507. The van der Waals surface area contributed by atoms with Gasteiger partial charge in [0.15, 0.2) is 0 Å². The number of rotatable bonds is 8. The first kappa shape index (κ1) is 21.0. The van der Waals surface area contributed by atoms with Crippen molar-refractivity contribution in [3.8, 4) is 0 Å². The monoisotopic (exact) mass is 416 g/mol. The number of ether oxygens (including phenoxy) is 1. The van der Waals surface area contributed by atoms with Crippen LogP contribution in [0, 0.1) is 0 Å². The van der Waals surface area contributed by atoms with E-state index in [0.29, 0.717) is 32.8 Å². The SMILES string of the molecule is O=C(CN1CCOCC1)NCCNc1cc(/C=C/c2ccccc2)nc2ccccc12. The summed E-state index contributed by atoms with van der Waals surface area (Å²) in [5.74, 6) is 0.0507. The molecular formula is C25H28N4O2. The first-order chi connectivity index (χ1) is 15.3. The van der Waals surface area contributed by atoms with Crippen molar-refractivity contribution in [2.45, 2.75) is 0 Å². The lowest BCUT2D eigenvalue weighted by molar-refractivity contribution is -0.123. The van der Waals surface area contributed by atoms with E-state index in [1.807, 2.05) is 42.5 Å². The number of aromatic nitrogens is 1. The standard InChI is InChI=1S/C25H28N4O2/c30-25(19-29-14-16-31-17-15-29)27-13-12-26-24-18-21(11-10-20-6-2-1-3-7-20)28-23-9-5-4-8-22(23)24/h1-11,18H,12-17,19H2,(H,26,28)(H,27,30)/b11-10+. The summed E-state index contributed by atoms with van der Waals surface area (Å²) in [5.41, 5.74) is 3.98. The Kier molecular flexibility index (Phi) is 7.26. The van der Waals surface area contributed by atoms with Gasteiger partial charge in [0.2, 0.25) is 5.91 Å². The maximum Gasteiger partial charge on any atom is 0.234 e. The molecule has 0 radical (unpaired) electrons.